The molecule has 3 saturated heterocycles. The van der Waals surface area contributed by atoms with E-state index < -0.39 is 7.82 Å². The van der Waals surface area contributed by atoms with Crippen molar-refractivity contribution in [3.63, 3.8) is 0 Å². The maximum atomic E-state index is 12.4. The van der Waals surface area contributed by atoms with E-state index in [0.717, 1.165) is 39.3 Å². The molecule has 3 heterocycles. The SMILES string of the molecule is O=C1C=C(N2CC2)C(=O)C(N2CC2)=C1N1CC1.O=P(O)(O)Oc1cccc(Cl)c1Cl. The van der Waals surface area contributed by atoms with Crippen LogP contribution in [0.15, 0.2) is 41.4 Å². The van der Waals surface area contributed by atoms with Crippen molar-refractivity contribution in [2.45, 2.75) is 0 Å². The molecule has 3 fully saturated rings. The van der Waals surface area contributed by atoms with Crippen molar-refractivity contribution in [3.05, 3.63) is 51.4 Å². The summed E-state index contributed by atoms with van der Waals surface area (Å²) in [6, 6.07) is 4.27. The van der Waals surface area contributed by atoms with Gasteiger partial charge in [0.25, 0.3) is 0 Å². The number of benzene rings is 1. The van der Waals surface area contributed by atoms with E-state index in [1.165, 1.54) is 24.3 Å². The third-order valence-electron chi connectivity index (χ3n) is 4.62. The number of carbonyl (C=O) groups is 2. The van der Waals surface area contributed by atoms with Gasteiger partial charge in [-0.2, -0.15) is 0 Å². The first-order valence-corrected chi connectivity index (χ1v) is 11.4. The number of ketones is 2. The molecule has 4 aliphatic rings. The van der Waals surface area contributed by atoms with Crippen LogP contribution in [-0.2, 0) is 14.2 Å². The molecule has 0 bridgehead atoms. The predicted molar refractivity (Wildman–Crippen MR) is 109 cm³/mol. The van der Waals surface area contributed by atoms with Crippen LogP contribution in [0, 0.1) is 0 Å². The van der Waals surface area contributed by atoms with Crippen molar-refractivity contribution < 1.29 is 28.5 Å². The average Bonchev–Trinajstić information content (AvgIpc) is 3.53. The molecule has 1 aromatic carbocycles. The van der Waals surface area contributed by atoms with Gasteiger partial charge < -0.3 is 19.2 Å². The predicted octanol–water partition coefficient (Wildman–Crippen LogP) is 1.65. The van der Waals surface area contributed by atoms with Crippen LogP contribution in [-0.4, -0.2) is 75.3 Å². The highest BCUT2D eigenvalue weighted by Crippen LogP contribution is 2.42. The summed E-state index contributed by atoms with van der Waals surface area (Å²) in [5.74, 6) is -0.0881. The fourth-order valence-corrected chi connectivity index (χ4v) is 3.75. The molecule has 3 aliphatic heterocycles. The van der Waals surface area contributed by atoms with E-state index in [0.29, 0.717) is 17.1 Å². The van der Waals surface area contributed by atoms with E-state index in [-0.39, 0.29) is 27.4 Å². The molecule has 1 aliphatic carbocycles. The van der Waals surface area contributed by atoms with Crippen molar-refractivity contribution in [2.75, 3.05) is 39.3 Å². The van der Waals surface area contributed by atoms with E-state index in [9.17, 15) is 14.2 Å². The van der Waals surface area contributed by atoms with E-state index in [2.05, 4.69) is 4.52 Å². The van der Waals surface area contributed by atoms with Gasteiger partial charge in [0.05, 0.1) is 10.7 Å². The van der Waals surface area contributed by atoms with Crippen LogP contribution in [0.1, 0.15) is 0 Å². The second-order valence-corrected chi connectivity index (χ2v) is 8.96. The fourth-order valence-electron chi connectivity index (χ4n) is 2.96. The lowest BCUT2D eigenvalue weighted by Crippen LogP contribution is -2.29. The Labute approximate surface area is 182 Å². The lowest BCUT2D eigenvalue weighted by Gasteiger charge is -2.21. The summed E-state index contributed by atoms with van der Waals surface area (Å²) in [4.78, 5) is 47.4. The molecule has 0 unspecified atom stereocenters. The van der Waals surface area contributed by atoms with Crippen LogP contribution in [0.4, 0.5) is 0 Å². The van der Waals surface area contributed by atoms with Crippen molar-refractivity contribution in [2.24, 2.45) is 0 Å². The number of carbonyl (C=O) groups excluding carboxylic acids is 2. The van der Waals surface area contributed by atoms with Gasteiger partial charge in [0, 0.05) is 45.3 Å². The molecule has 1 aromatic rings. The largest absolute Gasteiger partial charge is 0.524 e. The van der Waals surface area contributed by atoms with Gasteiger partial charge in [-0.05, 0) is 12.1 Å². The zero-order chi connectivity index (χ0) is 21.6. The average molecular weight is 474 g/mol. The third-order valence-corrected chi connectivity index (χ3v) is 5.86. The molecule has 0 saturated carbocycles. The number of hydrogen-bond acceptors (Lipinski definition) is 7. The molecule has 0 radical (unpaired) electrons. The molecule has 9 nitrogen and oxygen atoms in total. The van der Waals surface area contributed by atoms with Gasteiger partial charge in [-0.1, -0.05) is 29.3 Å². The van der Waals surface area contributed by atoms with Gasteiger partial charge in [-0.25, -0.2) is 4.57 Å². The number of hydrogen-bond donors (Lipinski definition) is 2. The molecule has 0 aromatic heterocycles. The maximum Gasteiger partial charge on any atom is 0.524 e. The molecule has 5 rings (SSSR count). The normalized spacial score (nSPS) is 20.0. The molecular weight excluding hydrogens is 456 g/mol. The van der Waals surface area contributed by atoms with Crippen LogP contribution < -0.4 is 4.52 Å². The van der Waals surface area contributed by atoms with Crippen LogP contribution in [0.5, 0.6) is 5.75 Å². The van der Waals surface area contributed by atoms with Crippen LogP contribution in [0.3, 0.4) is 0 Å². The van der Waals surface area contributed by atoms with Crippen LogP contribution in [0.2, 0.25) is 10.0 Å². The lowest BCUT2D eigenvalue weighted by molar-refractivity contribution is -0.117. The Morgan fingerprint density at radius 2 is 1.47 bits per heavy atom. The Balaban J connectivity index is 0.000000152. The molecule has 12 heteroatoms. The summed E-state index contributed by atoms with van der Waals surface area (Å²) in [5.41, 5.74) is 1.89. The van der Waals surface area contributed by atoms with Gasteiger partial charge in [0.2, 0.25) is 11.6 Å². The Morgan fingerprint density at radius 1 is 0.900 bits per heavy atom. The van der Waals surface area contributed by atoms with Crippen molar-refractivity contribution in [3.8, 4) is 5.75 Å². The van der Waals surface area contributed by atoms with E-state index in [1.807, 2.05) is 14.7 Å². The summed E-state index contributed by atoms with van der Waals surface area (Å²) >= 11 is 11.2. The molecule has 0 amide bonds. The molecule has 0 spiro atoms. The summed E-state index contributed by atoms with van der Waals surface area (Å²) in [7, 11) is -4.58. The number of phosphoric acid groups is 1. The van der Waals surface area contributed by atoms with Crippen LogP contribution >= 0.6 is 31.0 Å². The number of halogens is 2. The number of nitrogens with zero attached hydrogens (tertiary/aromatic N) is 3. The van der Waals surface area contributed by atoms with Gasteiger partial charge in [0.15, 0.2) is 5.75 Å². The Bertz CT molecular complexity index is 1020. The monoisotopic (exact) mass is 473 g/mol. The highest BCUT2D eigenvalue weighted by molar-refractivity contribution is 7.46. The third kappa shape index (κ3) is 4.82. The van der Waals surface area contributed by atoms with Crippen molar-refractivity contribution in [1.82, 2.24) is 14.7 Å². The van der Waals surface area contributed by atoms with Gasteiger partial charge in [-0.3, -0.25) is 19.4 Å². The minimum Gasteiger partial charge on any atom is -0.403 e. The summed E-state index contributed by atoms with van der Waals surface area (Å²) < 4.78 is 14.7. The van der Waals surface area contributed by atoms with Gasteiger partial charge >= 0.3 is 7.82 Å². The van der Waals surface area contributed by atoms with E-state index in [1.54, 1.807) is 0 Å². The molecule has 160 valence electrons. The zero-order valence-corrected chi connectivity index (χ0v) is 18.0. The smallest absolute Gasteiger partial charge is 0.403 e. The molecular formula is C18H18Cl2N3O6P. The summed E-state index contributed by atoms with van der Waals surface area (Å²) in [6.07, 6.45) is 1.52. The number of phosphoric ester groups is 1. The van der Waals surface area contributed by atoms with Gasteiger partial charge in [-0.15, -0.1) is 0 Å². The number of Topliss-reactive ketones (excluding diaryl/α,β-unsaturated/α-hetero) is 1. The zero-order valence-electron chi connectivity index (χ0n) is 15.6. The fraction of sp³-hybridized carbons (Fsp3) is 0.333. The van der Waals surface area contributed by atoms with Crippen molar-refractivity contribution in [1.29, 1.82) is 0 Å². The summed E-state index contributed by atoms with van der Waals surface area (Å²) in [6.45, 7) is 5.41. The standard InChI is InChI=1S/C12H13N3O2.C6H5Cl2O4P/c16-9-7-8(13-1-2-13)12(17)11(15-5-6-15)10(9)14-3-4-14;7-4-2-1-3-5(6(4)8)12-13(9,10)11/h7H,1-6H2;1-3H,(H2,9,10,11). The molecule has 0 atom stereocenters. The Morgan fingerprint density at radius 3 is 2.00 bits per heavy atom. The first-order valence-electron chi connectivity index (χ1n) is 9.15. The highest BCUT2D eigenvalue weighted by Gasteiger charge is 2.43. The minimum atomic E-state index is -4.58. The highest BCUT2D eigenvalue weighted by atomic mass is 35.5. The molecule has 2 N–H and O–H groups in total. The second-order valence-electron chi connectivity index (χ2n) is 7.02. The summed E-state index contributed by atoms with van der Waals surface area (Å²) in [5, 5.41) is 0.153. The Kier molecular flexibility index (Phi) is 5.59. The number of allylic oxidation sites excluding steroid dienone is 1. The van der Waals surface area contributed by atoms with Crippen LogP contribution in [0.25, 0.3) is 0 Å². The topological polar surface area (TPSA) is 110 Å². The first kappa shape index (κ1) is 21.2. The minimum absolute atomic E-state index is 0.00546. The second kappa shape index (κ2) is 7.90. The molecule has 30 heavy (non-hydrogen) atoms. The maximum absolute atomic E-state index is 12.4. The van der Waals surface area contributed by atoms with E-state index >= 15 is 0 Å². The number of rotatable bonds is 5. The van der Waals surface area contributed by atoms with E-state index in [4.69, 9.17) is 33.0 Å². The van der Waals surface area contributed by atoms with Gasteiger partial charge in [0.1, 0.15) is 16.4 Å². The van der Waals surface area contributed by atoms with Crippen molar-refractivity contribution >= 4 is 42.6 Å². The lowest BCUT2D eigenvalue weighted by atomic mass is 10.0. The first-order chi connectivity index (χ1) is 14.2. The Hall–Kier alpha value is -2.03. The quantitative estimate of drug-likeness (QED) is 0.374.